The maximum atomic E-state index is 13.9. The second-order valence-corrected chi connectivity index (χ2v) is 11.3. The summed E-state index contributed by atoms with van der Waals surface area (Å²) in [6.45, 7) is 2.64. The van der Waals surface area contributed by atoms with Gasteiger partial charge in [0.05, 0.1) is 12.1 Å². The minimum atomic E-state index is -0.707. The Morgan fingerprint density at radius 2 is 1.56 bits per heavy atom. The van der Waals surface area contributed by atoms with Gasteiger partial charge in [-0.05, 0) is 55.5 Å². The van der Waals surface area contributed by atoms with Gasteiger partial charge in [0.15, 0.2) is 0 Å². The van der Waals surface area contributed by atoms with E-state index >= 15 is 0 Å². The van der Waals surface area contributed by atoms with Crippen LogP contribution in [-0.4, -0.2) is 52.7 Å². The van der Waals surface area contributed by atoms with Crippen LogP contribution in [-0.2, 0) is 20.9 Å². The van der Waals surface area contributed by atoms with E-state index in [0.29, 0.717) is 5.69 Å². The summed E-state index contributed by atoms with van der Waals surface area (Å²) >= 11 is 3.41. The molecule has 3 amide bonds. The highest BCUT2D eigenvalue weighted by Crippen LogP contribution is 2.34. The SMILES string of the molecule is O=C1CC(N(C(=O)C2CCCCC2)C2CCN(Cc3ccccc3)CC2)C(=O)N1c1ccc(Br)cc1. The van der Waals surface area contributed by atoms with Crippen molar-refractivity contribution in [1.82, 2.24) is 9.80 Å². The predicted octanol–water partition coefficient (Wildman–Crippen LogP) is 5.15. The molecule has 1 saturated carbocycles. The van der Waals surface area contributed by atoms with Gasteiger partial charge in [0, 0.05) is 36.1 Å². The number of piperidine rings is 1. The number of halogens is 1. The molecule has 2 aliphatic heterocycles. The first-order chi connectivity index (χ1) is 17.5. The van der Waals surface area contributed by atoms with Crippen molar-refractivity contribution < 1.29 is 14.4 Å². The summed E-state index contributed by atoms with van der Waals surface area (Å²) in [5.41, 5.74) is 1.85. The summed E-state index contributed by atoms with van der Waals surface area (Å²) in [4.78, 5) is 46.2. The summed E-state index contributed by atoms with van der Waals surface area (Å²) in [5, 5.41) is 0. The summed E-state index contributed by atoms with van der Waals surface area (Å²) in [5.74, 6) is -0.445. The summed E-state index contributed by atoms with van der Waals surface area (Å²) < 4.78 is 0.887. The number of amides is 3. The van der Waals surface area contributed by atoms with Crippen LogP contribution in [0.4, 0.5) is 5.69 Å². The van der Waals surface area contributed by atoms with Crippen molar-refractivity contribution in [2.45, 2.75) is 70.0 Å². The van der Waals surface area contributed by atoms with Crippen LogP contribution in [0.5, 0.6) is 0 Å². The Labute approximate surface area is 221 Å². The zero-order chi connectivity index (χ0) is 25.1. The molecule has 1 atom stereocenters. The summed E-state index contributed by atoms with van der Waals surface area (Å²) in [6.07, 6.45) is 6.76. The summed E-state index contributed by atoms with van der Waals surface area (Å²) in [7, 11) is 0. The lowest BCUT2D eigenvalue weighted by Gasteiger charge is -2.42. The lowest BCUT2D eigenvalue weighted by atomic mass is 9.86. The van der Waals surface area contributed by atoms with Gasteiger partial charge in [0.2, 0.25) is 11.8 Å². The normalized spacial score (nSPS) is 22.2. The number of likely N-dealkylation sites (tertiary alicyclic amines) is 1. The lowest BCUT2D eigenvalue weighted by Crippen LogP contribution is -2.55. The molecule has 6 nitrogen and oxygen atoms in total. The van der Waals surface area contributed by atoms with Crippen LogP contribution in [0, 0.1) is 5.92 Å². The molecule has 2 aromatic rings. The minimum Gasteiger partial charge on any atom is -0.327 e. The molecular formula is C29H34BrN3O3. The number of imide groups is 1. The average molecular weight is 553 g/mol. The van der Waals surface area contributed by atoms with Crippen molar-refractivity contribution >= 4 is 39.3 Å². The zero-order valence-corrected chi connectivity index (χ0v) is 22.2. The first kappa shape index (κ1) is 25.2. The summed E-state index contributed by atoms with van der Waals surface area (Å²) in [6, 6.07) is 16.9. The number of carbonyl (C=O) groups is 3. The second kappa shape index (κ2) is 11.3. The lowest BCUT2D eigenvalue weighted by molar-refractivity contribution is -0.146. The molecule has 0 aromatic heterocycles. The molecule has 1 unspecified atom stereocenters. The van der Waals surface area contributed by atoms with E-state index in [9.17, 15) is 14.4 Å². The van der Waals surface area contributed by atoms with Crippen LogP contribution in [0.25, 0.3) is 0 Å². The van der Waals surface area contributed by atoms with Gasteiger partial charge < -0.3 is 4.90 Å². The van der Waals surface area contributed by atoms with Gasteiger partial charge in [0.1, 0.15) is 6.04 Å². The van der Waals surface area contributed by atoms with Crippen molar-refractivity contribution in [3.8, 4) is 0 Å². The first-order valence-electron chi connectivity index (χ1n) is 13.2. The van der Waals surface area contributed by atoms with Gasteiger partial charge in [-0.1, -0.05) is 65.5 Å². The molecule has 2 aromatic carbocycles. The van der Waals surface area contributed by atoms with Crippen molar-refractivity contribution in [3.05, 3.63) is 64.6 Å². The highest BCUT2D eigenvalue weighted by Gasteiger charge is 2.48. The van der Waals surface area contributed by atoms with Crippen LogP contribution in [0.2, 0.25) is 0 Å². The van der Waals surface area contributed by atoms with Crippen LogP contribution in [0.1, 0.15) is 56.9 Å². The van der Waals surface area contributed by atoms with Crippen molar-refractivity contribution in [1.29, 1.82) is 0 Å². The highest BCUT2D eigenvalue weighted by atomic mass is 79.9. The molecule has 36 heavy (non-hydrogen) atoms. The maximum Gasteiger partial charge on any atom is 0.257 e. The third-order valence-corrected chi connectivity index (χ3v) is 8.48. The third-order valence-electron chi connectivity index (χ3n) is 7.95. The number of benzene rings is 2. The molecule has 3 aliphatic rings. The number of carbonyl (C=O) groups excluding carboxylic acids is 3. The molecule has 0 spiro atoms. The van der Waals surface area contributed by atoms with Gasteiger partial charge in [-0.3, -0.25) is 19.3 Å². The predicted molar refractivity (Wildman–Crippen MR) is 143 cm³/mol. The first-order valence-corrected chi connectivity index (χ1v) is 14.0. The molecule has 7 heteroatoms. The monoisotopic (exact) mass is 551 g/mol. The highest BCUT2D eigenvalue weighted by molar-refractivity contribution is 9.10. The molecule has 5 rings (SSSR count). The van der Waals surface area contributed by atoms with E-state index in [1.807, 2.05) is 23.1 Å². The number of hydrogen-bond acceptors (Lipinski definition) is 4. The largest absolute Gasteiger partial charge is 0.327 e. The van der Waals surface area contributed by atoms with Crippen molar-refractivity contribution in [3.63, 3.8) is 0 Å². The van der Waals surface area contributed by atoms with Crippen molar-refractivity contribution in [2.75, 3.05) is 18.0 Å². The van der Waals surface area contributed by atoms with Crippen LogP contribution >= 0.6 is 15.9 Å². The van der Waals surface area contributed by atoms with E-state index in [1.54, 1.807) is 12.1 Å². The Bertz CT molecular complexity index is 1080. The zero-order valence-electron chi connectivity index (χ0n) is 20.7. The molecule has 0 radical (unpaired) electrons. The van der Waals surface area contributed by atoms with E-state index in [2.05, 4.69) is 45.1 Å². The Hall–Kier alpha value is -2.51. The average Bonchev–Trinajstić information content (AvgIpc) is 3.20. The van der Waals surface area contributed by atoms with Crippen LogP contribution in [0.15, 0.2) is 59.1 Å². The fourth-order valence-corrected chi connectivity index (χ4v) is 6.30. The second-order valence-electron chi connectivity index (χ2n) is 10.3. The molecule has 0 bridgehead atoms. The quantitative estimate of drug-likeness (QED) is 0.465. The molecule has 2 heterocycles. The maximum absolute atomic E-state index is 13.9. The molecule has 190 valence electrons. The number of hydrogen-bond donors (Lipinski definition) is 0. The Morgan fingerprint density at radius 1 is 0.889 bits per heavy atom. The number of rotatable bonds is 6. The van der Waals surface area contributed by atoms with Crippen LogP contribution < -0.4 is 4.90 Å². The number of nitrogens with zero attached hydrogens (tertiary/aromatic N) is 3. The van der Waals surface area contributed by atoms with Crippen LogP contribution in [0.3, 0.4) is 0 Å². The van der Waals surface area contributed by atoms with Gasteiger partial charge in [0.25, 0.3) is 5.91 Å². The van der Waals surface area contributed by atoms with Crippen molar-refractivity contribution in [2.24, 2.45) is 5.92 Å². The fraction of sp³-hybridized carbons (Fsp3) is 0.483. The molecule has 1 aliphatic carbocycles. The van der Waals surface area contributed by atoms with E-state index in [-0.39, 0.29) is 36.1 Å². The Morgan fingerprint density at radius 3 is 2.22 bits per heavy atom. The standard InChI is InChI=1S/C29H34BrN3O3/c30-23-11-13-24(14-12-23)33-27(34)19-26(29(33)36)32(28(35)22-9-5-2-6-10-22)25-15-17-31(18-16-25)20-21-7-3-1-4-8-21/h1,3-4,7-8,11-14,22,25-26H,2,5-6,9-10,15-20H2. The Kier molecular flexibility index (Phi) is 7.87. The molecule has 0 N–H and O–H groups in total. The Balaban J connectivity index is 1.34. The van der Waals surface area contributed by atoms with Gasteiger partial charge in [-0.2, -0.15) is 0 Å². The van der Waals surface area contributed by atoms with E-state index in [1.165, 1.54) is 16.9 Å². The van der Waals surface area contributed by atoms with Gasteiger partial charge >= 0.3 is 0 Å². The molecule has 2 saturated heterocycles. The molecular weight excluding hydrogens is 518 g/mol. The van der Waals surface area contributed by atoms with E-state index in [0.717, 1.165) is 62.6 Å². The minimum absolute atomic E-state index is 0.0157. The van der Waals surface area contributed by atoms with E-state index in [4.69, 9.17) is 0 Å². The third kappa shape index (κ3) is 5.42. The van der Waals surface area contributed by atoms with Gasteiger partial charge in [-0.25, -0.2) is 4.90 Å². The smallest absolute Gasteiger partial charge is 0.257 e. The topological polar surface area (TPSA) is 60.9 Å². The van der Waals surface area contributed by atoms with Gasteiger partial charge in [-0.15, -0.1) is 0 Å². The number of anilines is 1. The fourth-order valence-electron chi connectivity index (χ4n) is 6.04. The molecule has 3 fully saturated rings. The van der Waals surface area contributed by atoms with E-state index < -0.39 is 6.04 Å².